The van der Waals surface area contributed by atoms with Gasteiger partial charge in [0.05, 0.1) is 6.04 Å². The van der Waals surface area contributed by atoms with Crippen LogP contribution in [0.1, 0.15) is 46.4 Å². The summed E-state index contributed by atoms with van der Waals surface area (Å²) in [5, 5.41) is 7.31. The van der Waals surface area contributed by atoms with Gasteiger partial charge in [-0.25, -0.2) is 4.63 Å². The van der Waals surface area contributed by atoms with E-state index in [4.69, 9.17) is 5.73 Å². The van der Waals surface area contributed by atoms with E-state index in [1.165, 1.54) is 0 Å². The first-order chi connectivity index (χ1) is 7.04. The number of aromatic nitrogens is 2. The SMILES string of the molecule is CC.CC(C)N(C)C(C)c1nonc1N. The standard InChI is InChI=1S/C8H16N4O.C2H6/c1-5(2)12(4)6(3)7-8(9)11-13-10-7;1-2/h5-6H,1-4H3,(H2,9,11);1-2H3. The number of rotatable bonds is 3. The molecule has 1 unspecified atom stereocenters. The number of hydrogen-bond acceptors (Lipinski definition) is 5. The molecular weight excluding hydrogens is 192 g/mol. The highest BCUT2D eigenvalue weighted by Crippen LogP contribution is 2.22. The number of hydrogen-bond donors (Lipinski definition) is 1. The quantitative estimate of drug-likeness (QED) is 0.834. The van der Waals surface area contributed by atoms with E-state index in [1.807, 2.05) is 27.8 Å². The Hall–Kier alpha value is -1.10. The first-order valence-corrected chi connectivity index (χ1v) is 5.34. The lowest BCUT2D eigenvalue weighted by Crippen LogP contribution is -2.29. The monoisotopic (exact) mass is 214 g/mol. The smallest absolute Gasteiger partial charge is 0.193 e. The zero-order valence-electron chi connectivity index (χ0n) is 10.5. The number of nitrogen functional groups attached to an aromatic ring is 1. The molecule has 1 heterocycles. The lowest BCUT2D eigenvalue weighted by molar-refractivity contribution is 0.199. The van der Waals surface area contributed by atoms with Crippen molar-refractivity contribution in [2.24, 2.45) is 0 Å². The molecule has 1 aromatic heterocycles. The molecule has 0 fully saturated rings. The van der Waals surface area contributed by atoms with Crippen LogP contribution in [-0.4, -0.2) is 28.3 Å². The van der Waals surface area contributed by atoms with Gasteiger partial charge in [-0.1, -0.05) is 19.0 Å². The Morgan fingerprint density at radius 2 is 1.73 bits per heavy atom. The molecule has 1 rings (SSSR count). The molecule has 88 valence electrons. The van der Waals surface area contributed by atoms with E-state index in [0.717, 1.165) is 0 Å². The van der Waals surface area contributed by atoms with Crippen molar-refractivity contribution in [2.45, 2.75) is 46.7 Å². The third-order valence-electron chi connectivity index (χ3n) is 2.36. The predicted molar refractivity (Wildman–Crippen MR) is 61.4 cm³/mol. The van der Waals surface area contributed by atoms with Crippen LogP contribution in [0.25, 0.3) is 0 Å². The maximum absolute atomic E-state index is 5.59. The van der Waals surface area contributed by atoms with E-state index >= 15 is 0 Å². The molecule has 5 nitrogen and oxygen atoms in total. The molecule has 0 aromatic carbocycles. The van der Waals surface area contributed by atoms with Crippen LogP contribution in [0.2, 0.25) is 0 Å². The molecule has 0 saturated carbocycles. The van der Waals surface area contributed by atoms with Crippen molar-refractivity contribution in [1.82, 2.24) is 15.2 Å². The van der Waals surface area contributed by atoms with Crippen molar-refractivity contribution in [3.63, 3.8) is 0 Å². The van der Waals surface area contributed by atoms with Crippen LogP contribution in [0.3, 0.4) is 0 Å². The molecule has 0 aliphatic rings. The summed E-state index contributed by atoms with van der Waals surface area (Å²) in [6.07, 6.45) is 0. The summed E-state index contributed by atoms with van der Waals surface area (Å²) in [5.74, 6) is 0.375. The fraction of sp³-hybridized carbons (Fsp3) is 0.800. The van der Waals surface area contributed by atoms with Gasteiger partial charge in [0.2, 0.25) is 0 Å². The highest BCUT2D eigenvalue weighted by Gasteiger charge is 2.20. The fourth-order valence-corrected chi connectivity index (χ4v) is 1.13. The summed E-state index contributed by atoms with van der Waals surface area (Å²) in [6.45, 7) is 10.2. The zero-order valence-corrected chi connectivity index (χ0v) is 10.5. The summed E-state index contributed by atoms with van der Waals surface area (Å²) in [4.78, 5) is 2.15. The van der Waals surface area contributed by atoms with E-state index in [2.05, 4.69) is 33.7 Å². The van der Waals surface area contributed by atoms with Gasteiger partial charge < -0.3 is 5.73 Å². The third kappa shape index (κ3) is 3.51. The van der Waals surface area contributed by atoms with Crippen molar-refractivity contribution in [3.05, 3.63) is 5.69 Å². The van der Waals surface area contributed by atoms with E-state index in [9.17, 15) is 0 Å². The van der Waals surface area contributed by atoms with Gasteiger partial charge in [-0.3, -0.25) is 4.90 Å². The molecule has 2 N–H and O–H groups in total. The first kappa shape index (κ1) is 13.9. The Balaban J connectivity index is 0.000000921. The summed E-state index contributed by atoms with van der Waals surface area (Å²) in [5.41, 5.74) is 6.29. The minimum Gasteiger partial charge on any atom is -0.379 e. The second-order valence-electron chi connectivity index (χ2n) is 3.47. The van der Waals surface area contributed by atoms with Crippen LogP contribution in [-0.2, 0) is 0 Å². The minimum atomic E-state index is 0.131. The molecular formula is C10H22N4O. The molecule has 0 spiro atoms. The van der Waals surface area contributed by atoms with E-state index < -0.39 is 0 Å². The van der Waals surface area contributed by atoms with Crippen molar-refractivity contribution in [2.75, 3.05) is 12.8 Å². The van der Waals surface area contributed by atoms with Crippen LogP contribution in [0.15, 0.2) is 4.63 Å². The molecule has 1 atom stereocenters. The van der Waals surface area contributed by atoms with Crippen LogP contribution < -0.4 is 5.73 Å². The Labute approximate surface area is 91.6 Å². The average Bonchev–Trinajstić information content (AvgIpc) is 2.65. The fourth-order valence-electron chi connectivity index (χ4n) is 1.13. The molecule has 0 amide bonds. The van der Waals surface area contributed by atoms with Crippen molar-refractivity contribution < 1.29 is 4.63 Å². The molecule has 0 saturated heterocycles. The van der Waals surface area contributed by atoms with E-state index in [-0.39, 0.29) is 6.04 Å². The van der Waals surface area contributed by atoms with Gasteiger partial charge in [0, 0.05) is 6.04 Å². The van der Waals surface area contributed by atoms with Crippen LogP contribution in [0, 0.1) is 0 Å². The summed E-state index contributed by atoms with van der Waals surface area (Å²) >= 11 is 0. The average molecular weight is 214 g/mol. The number of nitrogens with zero attached hydrogens (tertiary/aromatic N) is 3. The topological polar surface area (TPSA) is 68.2 Å². The van der Waals surface area contributed by atoms with Gasteiger partial charge in [0.15, 0.2) is 5.82 Å². The highest BCUT2D eigenvalue weighted by atomic mass is 16.6. The molecule has 0 aliphatic carbocycles. The van der Waals surface area contributed by atoms with Gasteiger partial charge >= 0.3 is 0 Å². The summed E-state index contributed by atoms with van der Waals surface area (Å²) < 4.78 is 4.54. The minimum absolute atomic E-state index is 0.131. The molecule has 0 radical (unpaired) electrons. The predicted octanol–water partition coefficient (Wildman–Crippen LogP) is 2.08. The van der Waals surface area contributed by atoms with Crippen LogP contribution in [0.4, 0.5) is 5.82 Å². The Bertz CT molecular complexity index is 272. The third-order valence-corrected chi connectivity index (χ3v) is 2.36. The van der Waals surface area contributed by atoms with Crippen LogP contribution >= 0.6 is 0 Å². The largest absolute Gasteiger partial charge is 0.379 e. The first-order valence-electron chi connectivity index (χ1n) is 5.34. The van der Waals surface area contributed by atoms with Crippen molar-refractivity contribution in [1.29, 1.82) is 0 Å². The lowest BCUT2D eigenvalue weighted by Gasteiger charge is -2.26. The molecule has 0 aliphatic heterocycles. The number of nitrogens with two attached hydrogens (primary N) is 1. The Kier molecular flexibility index (Phi) is 5.93. The normalized spacial score (nSPS) is 12.5. The number of anilines is 1. The molecule has 5 heteroatoms. The van der Waals surface area contributed by atoms with E-state index in [1.54, 1.807) is 0 Å². The highest BCUT2D eigenvalue weighted by molar-refractivity contribution is 5.33. The maximum Gasteiger partial charge on any atom is 0.193 e. The lowest BCUT2D eigenvalue weighted by atomic mass is 10.2. The van der Waals surface area contributed by atoms with Crippen molar-refractivity contribution in [3.8, 4) is 0 Å². The Morgan fingerprint density at radius 1 is 1.20 bits per heavy atom. The zero-order chi connectivity index (χ0) is 12.0. The summed E-state index contributed by atoms with van der Waals surface area (Å²) in [7, 11) is 2.02. The second-order valence-corrected chi connectivity index (χ2v) is 3.47. The van der Waals surface area contributed by atoms with Gasteiger partial charge in [0.25, 0.3) is 0 Å². The van der Waals surface area contributed by atoms with Gasteiger partial charge in [-0.2, -0.15) is 0 Å². The second kappa shape index (κ2) is 6.40. The molecule has 15 heavy (non-hydrogen) atoms. The van der Waals surface area contributed by atoms with Gasteiger partial charge in [-0.05, 0) is 33.0 Å². The molecule has 0 bridgehead atoms. The Morgan fingerprint density at radius 3 is 2.07 bits per heavy atom. The van der Waals surface area contributed by atoms with E-state index in [0.29, 0.717) is 17.6 Å². The van der Waals surface area contributed by atoms with Crippen molar-refractivity contribution >= 4 is 5.82 Å². The van der Waals surface area contributed by atoms with Gasteiger partial charge in [-0.15, -0.1) is 0 Å². The summed E-state index contributed by atoms with van der Waals surface area (Å²) in [6, 6.07) is 0.567. The van der Waals surface area contributed by atoms with Crippen LogP contribution in [0.5, 0.6) is 0 Å². The van der Waals surface area contributed by atoms with Gasteiger partial charge in [0.1, 0.15) is 5.69 Å². The molecule has 1 aromatic rings. The maximum atomic E-state index is 5.59.